The normalized spacial score (nSPS) is 15.8. The molecular formula is C30H36N8O3. The summed E-state index contributed by atoms with van der Waals surface area (Å²) in [5.41, 5.74) is 9.31. The van der Waals surface area contributed by atoms with Gasteiger partial charge < -0.3 is 20.7 Å². The maximum Gasteiger partial charge on any atom is 0.410 e. The van der Waals surface area contributed by atoms with Gasteiger partial charge in [-0.1, -0.05) is 26.0 Å². The fraction of sp³-hybridized carbons (Fsp3) is 0.400. The first-order chi connectivity index (χ1) is 19.5. The molecule has 0 saturated carbocycles. The first-order valence-electron chi connectivity index (χ1n) is 13.8. The van der Waals surface area contributed by atoms with Crippen molar-refractivity contribution in [1.29, 1.82) is 0 Å². The molecule has 214 valence electrons. The number of nitrogens with two attached hydrogens (primary N) is 1. The van der Waals surface area contributed by atoms with Crippen molar-refractivity contribution >= 4 is 34.7 Å². The third kappa shape index (κ3) is 6.13. The molecule has 1 fully saturated rings. The van der Waals surface area contributed by atoms with Gasteiger partial charge in [0.25, 0.3) is 5.91 Å². The number of rotatable bonds is 5. The fourth-order valence-corrected chi connectivity index (χ4v) is 4.94. The van der Waals surface area contributed by atoms with Gasteiger partial charge in [-0.15, -0.1) is 0 Å². The molecule has 4 aromatic rings. The Balaban J connectivity index is 1.41. The van der Waals surface area contributed by atoms with Crippen LogP contribution in [0.3, 0.4) is 0 Å². The number of pyridine rings is 1. The van der Waals surface area contributed by atoms with Crippen LogP contribution in [0.5, 0.6) is 0 Å². The van der Waals surface area contributed by atoms with Crippen LogP contribution in [0.1, 0.15) is 75.3 Å². The molecule has 0 spiro atoms. The molecule has 1 unspecified atom stereocenters. The summed E-state index contributed by atoms with van der Waals surface area (Å²) in [5, 5.41) is 8.43. The first-order valence-corrected chi connectivity index (χ1v) is 13.8. The summed E-state index contributed by atoms with van der Waals surface area (Å²) in [6.45, 7) is 10.8. The van der Waals surface area contributed by atoms with E-state index in [2.05, 4.69) is 34.1 Å². The summed E-state index contributed by atoms with van der Waals surface area (Å²) in [6, 6.07) is 10.9. The van der Waals surface area contributed by atoms with Crippen molar-refractivity contribution in [2.24, 2.45) is 0 Å². The largest absolute Gasteiger partial charge is 0.444 e. The molecular weight excluding hydrogens is 520 g/mol. The number of ether oxygens (including phenoxy) is 1. The number of nitrogens with zero attached hydrogens (tertiary/aromatic N) is 6. The molecule has 3 aromatic heterocycles. The van der Waals surface area contributed by atoms with Gasteiger partial charge in [-0.25, -0.2) is 24.4 Å². The minimum atomic E-state index is -0.574. The molecule has 1 aliphatic rings. The van der Waals surface area contributed by atoms with Crippen LogP contribution in [0.15, 0.2) is 48.9 Å². The summed E-state index contributed by atoms with van der Waals surface area (Å²) in [6.07, 6.45) is 4.41. The molecule has 11 heteroatoms. The third-order valence-electron chi connectivity index (χ3n) is 7.03. The minimum absolute atomic E-state index is 0.110. The number of fused-ring (bicyclic) bond motifs is 1. The van der Waals surface area contributed by atoms with Crippen molar-refractivity contribution in [2.75, 3.05) is 24.1 Å². The number of anilines is 2. The van der Waals surface area contributed by atoms with Crippen molar-refractivity contribution in [3.05, 3.63) is 60.0 Å². The van der Waals surface area contributed by atoms with E-state index in [9.17, 15) is 9.59 Å². The molecule has 1 atom stereocenters. The lowest BCUT2D eigenvalue weighted by Gasteiger charge is -2.34. The van der Waals surface area contributed by atoms with Gasteiger partial charge >= 0.3 is 6.09 Å². The highest BCUT2D eigenvalue weighted by atomic mass is 16.6. The maximum atomic E-state index is 12.9. The van der Waals surface area contributed by atoms with Crippen LogP contribution in [0.25, 0.3) is 22.3 Å². The summed E-state index contributed by atoms with van der Waals surface area (Å²) in [4.78, 5) is 40.4. The van der Waals surface area contributed by atoms with Crippen LogP contribution in [-0.2, 0) is 4.74 Å². The highest BCUT2D eigenvalue weighted by Crippen LogP contribution is 2.34. The molecule has 1 aliphatic heterocycles. The number of likely N-dealkylation sites (tertiary alicyclic amines) is 1. The quantitative estimate of drug-likeness (QED) is 0.332. The molecule has 11 nitrogen and oxygen atoms in total. The standard InChI is InChI=1S/C30H36N8O3/c1-18(2)21-12-13-32-23(15-21)35-28(39)20-10-8-19(9-11-20)25-24-26(31)33-17-34-27(24)38(36-25)22-7-6-14-37(16-22)29(40)41-30(3,4)5/h8-13,15,17-18,22H,6-7,14,16H2,1-5H3,(H2,31,33,34)(H,32,35,39). The zero-order valence-corrected chi connectivity index (χ0v) is 24.1. The van der Waals surface area contributed by atoms with Gasteiger partial charge in [0, 0.05) is 30.4 Å². The summed E-state index contributed by atoms with van der Waals surface area (Å²) in [5.74, 6) is 0.891. The van der Waals surface area contributed by atoms with Crippen LogP contribution in [-0.4, -0.2) is 60.3 Å². The third-order valence-corrected chi connectivity index (χ3v) is 7.03. The summed E-state index contributed by atoms with van der Waals surface area (Å²) in [7, 11) is 0. The van der Waals surface area contributed by atoms with Gasteiger partial charge in [0.05, 0.1) is 11.4 Å². The highest BCUT2D eigenvalue weighted by molar-refractivity contribution is 6.04. The Kier molecular flexibility index (Phi) is 7.61. The lowest BCUT2D eigenvalue weighted by atomic mass is 10.0. The molecule has 5 rings (SSSR count). The number of aromatic nitrogens is 5. The molecule has 1 aromatic carbocycles. The number of nitrogen functional groups attached to an aromatic ring is 1. The maximum absolute atomic E-state index is 12.9. The molecule has 2 amide bonds. The summed E-state index contributed by atoms with van der Waals surface area (Å²) >= 11 is 0. The van der Waals surface area contributed by atoms with Gasteiger partial charge in [-0.2, -0.15) is 5.10 Å². The molecule has 3 N–H and O–H groups in total. The van der Waals surface area contributed by atoms with E-state index in [4.69, 9.17) is 15.6 Å². The van der Waals surface area contributed by atoms with Crippen LogP contribution < -0.4 is 11.1 Å². The van der Waals surface area contributed by atoms with E-state index >= 15 is 0 Å². The zero-order chi connectivity index (χ0) is 29.3. The lowest BCUT2D eigenvalue weighted by Crippen LogP contribution is -2.43. The number of carbonyl (C=O) groups excluding carboxylic acids is 2. The molecule has 0 radical (unpaired) electrons. The Morgan fingerprint density at radius 2 is 1.85 bits per heavy atom. The first kappa shape index (κ1) is 28.0. The second kappa shape index (κ2) is 11.1. The van der Waals surface area contributed by atoms with Crippen LogP contribution in [0.2, 0.25) is 0 Å². The van der Waals surface area contributed by atoms with Crippen LogP contribution >= 0.6 is 0 Å². The molecule has 1 saturated heterocycles. The number of piperidine rings is 1. The minimum Gasteiger partial charge on any atom is -0.444 e. The number of hydrogen-bond acceptors (Lipinski definition) is 8. The van der Waals surface area contributed by atoms with Crippen LogP contribution in [0.4, 0.5) is 16.4 Å². The number of hydrogen-bond donors (Lipinski definition) is 2. The number of amides is 2. The van der Waals surface area contributed by atoms with E-state index in [0.717, 1.165) is 24.0 Å². The van der Waals surface area contributed by atoms with Gasteiger partial charge in [-0.3, -0.25) is 4.79 Å². The van der Waals surface area contributed by atoms with Gasteiger partial charge in [0.2, 0.25) is 0 Å². The van der Waals surface area contributed by atoms with Crippen molar-refractivity contribution in [2.45, 2.75) is 65.0 Å². The monoisotopic (exact) mass is 556 g/mol. The van der Waals surface area contributed by atoms with E-state index in [1.54, 1.807) is 23.2 Å². The topological polar surface area (TPSA) is 141 Å². The second-order valence-electron chi connectivity index (χ2n) is 11.6. The Morgan fingerprint density at radius 1 is 1.10 bits per heavy atom. The van der Waals surface area contributed by atoms with E-state index < -0.39 is 5.60 Å². The molecule has 4 heterocycles. The lowest BCUT2D eigenvalue weighted by molar-refractivity contribution is 0.0169. The molecule has 41 heavy (non-hydrogen) atoms. The average molecular weight is 557 g/mol. The Morgan fingerprint density at radius 3 is 2.56 bits per heavy atom. The van der Waals surface area contributed by atoms with Crippen molar-refractivity contribution in [3.63, 3.8) is 0 Å². The molecule has 0 aliphatic carbocycles. The summed E-state index contributed by atoms with van der Waals surface area (Å²) < 4.78 is 7.44. The number of carbonyl (C=O) groups is 2. The fourth-order valence-electron chi connectivity index (χ4n) is 4.94. The molecule has 0 bridgehead atoms. The predicted octanol–water partition coefficient (Wildman–Crippen LogP) is 5.42. The zero-order valence-electron chi connectivity index (χ0n) is 24.1. The van der Waals surface area contributed by atoms with E-state index in [0.29, 0.717) is 52.9 Å². The van der Waals surface area contributed by atoms with E-state index in [1.807, 2.05) is 49.7 Å². The van der Waals surface area contributed by atoms with E-state index in [1.165, 1.54) is 6.33 Å². The van der Waals surface area contributed by atoms with Gasteiger partial charge in [0.15, 0.2) is 5.65 Å². The van der Waals surface area contributed by atoms with E-state index in [-0.39, 0.29) is 18.0 Å². The number of benzene rings is 1. The van der Waals surface area contributed by atoms with Crippen LogP contribution in [0, 0.1) is 0 Å². The average Bonchev–Trinajstić information content (AvgIpc) is 3.33. The smallest absolute Gasteiger partial charge is 0.410 e. The highest BCUT2D eigenvalue weighted by Gasteiger charge is 2.31. The Labute approximate surface area is 239 Å². The van der Waals surface area contributed by atoms with Crippen molar-refractivity contribution in [1.82, 2.24) is 29.6 Å². The SMILES string of the molecule is CC(C)c1ccnc(NC(=O)c2ccc(-c3nn(C4CCCN(C(=O)OC(C)(C)C)C4)c4ncnc(N)c34)cc2)c1. The second-order valence-corrected chi connectivity index (χ2v) is 11.6. The number of nitrogens with one attached hydrogen (secondary N) is 1. The van der Waals surface area contributed by atoms with Crippen molar-refractivity contribution < 1.29 is 14.3 Å². The van der Waals surface area contributed by atoms with Crippen molar-refractivity contribution in [3.8, 4) is 11.3 Å². The van der Waals surface area contributed by atoms with Gasteiger partial charge in [-0.05, 0) is 69.4 Å². The predicted molar refractivity (Wildman–Crippen MR) is 158 cm³/mol. The van der Waals surface area contributed by atoms with Gasteiger partial charge in [0.1, 0.15) is 29.3 Å². The Hall–Kier alpha value is -4.54. The Bertz CT molecular complexity index is 1570.